The van der Waals surface area contributed by atoms with Gasteiger partial charge in [-0.3, -0.25) is 23.6 Å². The average Bonchev–Trinajstić information content (AvgIpc) is 2.66. The first-order chi connectivity index (χ1) is 13.2. The first-order valence-electron chi connectivity index (χ1n) is 8.21. The van der Waals surface area contributed by atoms with E-state index >= 15 is 0 Å². The molecule has 0 bridgehead atoms. The van der Waals surface area contributed by atoms with Crippen molar-refractivity contribution in [1.29, 1.82) is 0 Å². The molecule has 1 heterocycles. The van der Waals surface area contributed by atoms with Crippen molar-refractivity contribution in [2.45, 2.75) is 13.0 Å². The first kappa shape index (κ1) is 21.3. The van der Waals surface area contributed by atoms with Crippen molar-refractivity contribution in [3.63, 3.8) is 0 Å². The standard InChI is InChI=1S/C17H21FN4O6/c1-9-4-5-12(11(18)6-9)19-14-13(15(25)20-28-8-10(24)7-23)16(26)22(3)17(27)21(14)2/h4-6,10,19,23-24H,7-8H2,1-3H3,(H,20,25)/t10-/m1/s1. The molecule has 1 atom stereocenters. The summed E-state index contributed by atoms with van der Waals surface area (Å²) in [6, 6.07) is 4.27. The Hall–Kier alpha value is -3.02. The van der Waals surface area contributed by atoms with Gasteiger partial charge in [-0.05, 0) is 24.6 Å². The van der Waals surface area contributed by atoms with Crippen LogP contribution in [0.4, 0.5) is 15.9 Å². The summed E-state index contributed by atoms with van der Waals surface area (Å²) < 4.78 is 15.9. The Morgan fingerprint density at radius 1 is 1.29 bits per heavy atom. The molecule has 11 heteroatoms. The fourth-order valence-corrected chi connectivity index (χ4v) is 2.35. The number of carbonyl (C=O) groups excluding carboxylic acids is 1. The van der Waals surface area contributed by atoms with E-state index in [4.69, 9.17) is 9.94 Å². The van der Waals surface area contributed by atoms with Gasteiger partial charge in [0.05, 0.1) is 12.3 Å². The van der Waals surface area contributed by atoms with E-state index in [0.29, 0.717) is 10.1 Å². The maximum atomic E-state index is 14.2. The molecule has 1 aromatic carbocycles. The van der Waals surface area contributed by atoms with Crippen LogP contribution in [0.3, 0.4) is 0 Å². The molecule has 0 spiro atoms. The highest BCUT2D eigenvalue weighted by molar-refractivity contribution is 5.98. The molecule has 0 aliphatic rings. The number of rotatable bonds is 7. The molecule has 1 amide bonds. The number of aromatic nitrogens is 2. The van der Waals surface area contributed by atoms with E-state index in [1.165, 1.54) is 26.2 Å². The summed E-state index contributed by atoms with van der Waals surface area (Å²) >= 11 is 0. The Balaban J connectivity index is 2.47. The molecule has 2 rings (SSSR count). The smallest absolute Gasteiger partial charge is 0.332 e. The number of aliphatic hydroxyl groups is 2. The van der Waals surface area contributed by atoms with E-state index in [9.17, 15) is 23.9 Å². The van der Waals surface area contributed by atoms with Gasteiger partial charge in [-0.25, -0.2) is 14.7 Å². The number of halogens is 1. The number of hydrogen-bond acceptors (Lipinski definition) is 7. The number of benzene rings is 1. The molecule has 4 N–H and O–H groups in total. The zero-order valence-corrected chi connectivity index (χ0v) is 15.5. The summed E-state index contributed by atoms with van der Waals surface area (Å²) in [5.74, 6) is -1.89. The Labute approximate surface area is 158 Å². The van der Waals surface area contributed by atoms with Crippen LogP contribution in [0.1, 0.15) is 15.9 Å². The Morgan fingerprint density at radius 2 is 1.96 bits per heavy atom. The molecule has 0 aliphatic carbocycles. The van der Waals surface area contributed by atoms with Crippen molar-refractivity contribution >= 4 is 17.4 Å². The number of aryl methyl sites for hydroxylation is 1. The Bertz CT molecular complexity index is 1000. The quantitative estimate of drug-likeness (QED) is 0.454. The molecule has 10 nitrogen and oxygen atoms in total. The van der Waals surface area contributed by atoms with Gasteiger partial charge in [-0.15, -0.1) is 0 Å². The lowest BCUT2D eigenvalue weighted by atomic mass is 10.2. The molecule has 28 heavy (non-hydrogen) atoms. The highest BCUT2D eigenvalue weighted by atomic mass is 19.1. The molecular formula is C17H21FN4O6. The lowest BCUT2D eigenvalue weighted by Gasteiger charge is -2.17. The van der Waals surface area contributed by atoms with E-state index in [2.05, 4.69) is 5.32 Å². The second-order valence-corrected chi connectivity index (χ2v) is 6.12. The van der Waals surface area contributed by atoms with E-state index in [-0.39, 0.29) is 11.5 Å². The molecule has 152 valence electrons. The summed E-state index contributed by atoms with van der Waals surface area (Å²) in [6.45, 7) is 0.679. The number of hydrogen-bond donors (Lipinski definition) is 4. The predicted octanol–water partition coefficient (Wildman–Crippen LogP) is -0.710. The van der Waals surface area contributed by atoms with Gasteiger partial charge in [-0.2, -0.15) is 0 Å². The minimum atomic E-state index is -1.23. The van der Waals surface area contributed by atoms with Gasteiger partial charge in [0.2, 0.25) is 0 Å². The van der Waals surface area contributed by atoms with Gasteiger partial charge in [0.1, 0.15) is 29.9 Å². The van der Waals surface area contributed by atoms with Crippen LogP contribution in [-0.4, -0.2) is 44.6 Å². The van der Waals surface area contributed by atoms with Gasteiger partial charge < -0.3 is 15.5 Å². The lowest BCUT2D eigenvalue weighted by molar-refractivity contribution is -0.0295. The van der Waals surface area contributed by atoms with Crippen LogP contribution in [0, 0.1) is 12.7 Å². The summed E-state index contributed by atoms with van der Waals surface area (Å²) in [4.78, 5) is 41.9. The van der Waals surface area contributed by atoms with Crippen LogP contribution in [0.25, 0.3) is 0 Å². The molecule has 1 aromatic heterocycles. The van der Waals surface area contributed by atoms with Crippen LogP contribution in [0.15, 0.2) is 27.8 Å². The van der Waals surface area contributed by atoms with Gasteiger partial charge in [0.25, 0.3) is 11.5 Å². The summed E-state index contributed by atoms with van der Waals surface area (Å²) in [6.07, 6.45) is -1.23. The number of carbonyl (C=O) groups is 1. The van der Waals surface area contributed by atoms with Gasteiger partial charge in [-0.1, -0.05) is 6.07 Å². The number of anilines is 2. The minimum absolute atomic E-state index is 0.0421. The van der Waals surface area contributed by atoms with Crippen LogP contribution in [-0.2, 0) is 18.9 Å². The Kier molecular flexibility index (Phi) is 6.67. The molecule has 0 radical (unpaired) electrons. The SMILES string of the molecule is Cc1ccc(Nc2c(C(=O)NOC[C@H](O)CO)c(=O)n(C)c(=O)n2C)c(F)c1. The minimum Gasteiger partial charge on any atom is -0.394 e. The molecule has 0 saturated carbocycles. The highest BCUT2D eigenvalue weighted by Gasteiger charge is 2.23. The third-order valence-corrected chi connectivity index (χ3v) is 3.92. The van der Waals surface area contributed by atoms with Crippen molar-refractivity contribution in [3.05, 3.63) is 56.0 Å². The van der Waals surface area contributed by atoms with Crippen LogP contribution < -0.4 is 22.0 Å². The second-order valence-electron chi connectivity index (χ2n) is 6.12. The molecule has 2 aromatic rings. The number of hydroxylamine groups is 1. The van der Waals surface area contributed by atoms with Gasteiger partial charge >= 0.3 is 5.69 Å². The Morgan fingerprint density at radius 3 is 2.57 bits per heavy atom. The third kappa shape index (κ3) is 4.44. The molecule has 0 unspecified atom stereocenters. The highest BCUT2D eigenvalue weighted by Crippen LogP contribution is 2.21. The van der Waals surface area contributed by atoms with Crippen molar-refractivity contribution in [3.8, 4) is 0 Å². The number of nitrogens with one attached hydrogen (secondary N) is 2. The van der Waals surface area contributed by atoms with Crippen molar-refractivity contribution < 1.29 is 24.2 Å². The largest absolute Gasteiger partial charge is 0.394 e. The molecule has 0 aliphatic heterocycles. The van der Waals surface area contributed by atoms with E-state index in [0.717, 1.165) is 4.57 Å². The van der Waals surface area contributed by atoms with Crippen molar-refractivity contribution in [2.75, 3.05) is 18.5 Å². The van der Waals surface area contributed by atoms with Gasteiger partial charge in [0, 0.05) is 14.1 Å². The topological polar surface area (TPSA) is 135 Å². The molecular weight excluding hydrogens is 375 g/mol. The molecule has 0 saturated heterocycles. The number of amides is 1. The van der Waals surface area contributed by atoms with E-state index in [1.807, 2.05) is 5.48 Å². The average molecular weight is 396 g/mol. The first-order valence-corrected chi connectivity index (χ1v) is 8.21. The van der Waals surface area contributed by atoms with Crippen LogP contribution in [0.5, 0.6) is 0 Å². The van der Waals surface area contributed by atoms with E-state index < -0.39 is 47.9 Å². The maximum absolute atomic E-state index is 14.2. The second kappa shape index (κ2) is 8.78. The van der Waals surface area contributed by atoms with Gasteiger partial charge in [0.15, 0.2) is 0 Å². The number of nitrogens with zero attached hydrogens (tertiary/aromatic N) is 2. The predicted molar refractivity (Wildman–Crippen MR) is 97.9 cm³/mol. The van der Waals surface area contributed by atoms with Crippen LogP contribution >= 0.6 is 0 Å². The fraction of sp³-hybridized carbons (Fsp3) is 0.353. The monoisotopic (exact) mass is 396 g/mol. The zero-order chi connectivity index (χ0) is 21.0. The number of aliphatic hydroxyl groups excluding tert-OH is 2. The van der Waals surface area contributed by atoms with Crippen molar-refractivity contribution in [1.82, 2.24) is 14.6 Å². The molecule has 0 fully saturated rings. The summed E-state index contributed by atoms with van der Waals surface area (Å²) in [5, 5.41) is 20.6. The fourth-order valence-electron chi connectivity index (χ4n) is 2.35. The lowest BCUT2D eigenvalue weighted by Crippen LogP contribution is -2.44. The third-order valence-electron chi connectivity index (χ3n) is 3.92. The van der Waals surface area contributed by atoms with E-state index in [1.54, 1.807) is 13.0 Å². The summed E-state index contributed by atoms with van der Waals surface area (Å²) in [7, 11) is 2.50. The maximum Gasteiger partial charge on any atom is 0.332 e. The zero-order valence-electron chi connectivity index (χ0n) is 15.5. The summed E-state index contributed by atoms with van der Waals surface area (Å²) in [5.41, 5.74) is 0.422. The normalized spacial score (nSPS) is 11.9. The van der Waals surface area contributed by atoms with Crippen LogP contribution in [0.2, 0.25) is 0 Å². The van der Waals surface area contributed by atoms with Crippen molar-refractivity contribution in [2.24, 2.45) is 14.1 Å².